The number of imidazole rings is 1. The fraction of sp³-hybridized carbons (Fsp3) is 0.353. The third-order valence-electron chi connectivity index (χ3n) is 4.13. The van der Waals surface area contributed by atoms with Crippen molar-refractivity contribution in [2.24, 2.45) is 0 Å². The highest BCUT2D eigenvalue weighted by molar-refractivity contribution is 5.96. The van der Waals surface area contributed by atoms with Crippen LogP contribution in [0.25, 0.3) is 0 Å². The molecule has 7 nitrogen and oxygen atoms in total. The predicted molar refractivity (Wildman–Crippen MR) is 91.1 cm³/mol. The second-order valence-electron chi connectivity index (χ2n) is 6.11. The number of nitrogens with one attached hydrogen (secondary N) is 1. The van der Waals surface area contributed by atoms with Gasteiger partial charge in [-0.2, -0.15) is 0 Å². The number of rotatable bonds is 4. The van der Waals surface area contributed by atoms with Crippen LogP contribution < -0.4 is 10.2 Å². The lowest BCUT2D eigenvalue weighted by atomic mass is 10.2. The van der Waals surface area contributed by atoms with Crippen LogP contribution in [-0.4, -0.2) is 54.0 Å². The van der Waals surface area contributed by atoms with Gasteiger partial charge in [0.1, 0.15) is 5.69 Å². The van der Waals surface area contributed by atoms with Gasteiger partial charge in [0.2, 0.25) is 0 Å². The number of carbonyl (C=O) groups excluding carboxylic acids is 2. The van der Waals surface area contributed by atoms with E-state index in [0.717, 1.165) is 11.3 Å². The van der Waals surface area contributed by atoms with Gasteiger partial charge in [0, 0.05) is 52.7 Å². The SMILES string of the molecule is CN1CCn2cc(C(=O)NCc3ccc(N(C)C)cc3)nc2C1=O. The molecule has 7 heteroatoms. The molecule has 0 aliphatic carbocycles. The highest BCUT2D eigenvalue weighted by Crippen LogP contribution is 2.13. The van der Waals surface area contributed by atoms with E-state index in [4.69, 9.17) is 0 Å². The van der Waals surface area contributed by atoms with Crippen LogP contribution >= 0.6 is 0 Å². The van der Waals surface area contributed by atoms with Crippen molar-refractivity contribution in [3.8, 4) is 0 Å². The van der Waals surface area contributed by atoms with Crippen molar-refractivity contribution in [2.45, 2.75) is 13.1 Å². The van der Waals surface area contributed by atoms with Crippen LogP contribution in [0.5, 0.6) is 0 Å². The van der Waals surface area contributed by atoms with Gasteiger partial charge >= 0.3 is 0 Å². The zero-order chi connectivity index (χ0) is 17.3. The zero-order valence-corrected chi connectivity index (χ0v) is 14.1. The van der Waals surface area contributed by atoms with E-state index in [1.54, 1.807) is 22.7 Å². The van der Waals surface area contributed by atoms with Crippen LogP contribution in [0, 0.1) is 0 Å². The van der Waals surface area contributed by atoms with E-state index >= 15 is 0 Å². The third-order valence-corrected chi connectivity index (χ3v) is 4.13. The van der Waals surface area contributed by atoms with Crippen molar-refractivity contribution >= 4 is 17.5 Å². The van der Waals surface area contributed by atoms with Crippen LogP contribution in [0.15, 0.2) is 30.5 Å². The van der Waals surface area contributed by atoms with Gasteiger partial charge in [-0.3, -0.25) is 9.59 Å². The summed E-state index contributed by atoms with van der Waals surface area (Å²) in [4.78, 5) is 32.1. The molecule has 2 aromatic rings. The summed E-state index contributed by atoms with van der Waals surface area (Å²) in [5, 5.41) is 2.85. The first-order valence-corrected chi connectivity index (χ1v) is 7.83. The molecule has 0 radical (unpaired) electrons. The van der Waals surface area contributed by atoms with E-state index in [0.29, 0.717) is 25.5 Å². The quantitative estimate of drug-likeness (QED) is 0.908. The summed E-state index contributed by atoms with van der Waals surface area (Å²) in [5.74, 6) is -0.104. The van der Waals surface area contributed by atoms with Gasteiger partial charge < -0.3 is 19.7 Å². The molecule has 0 unspecified atom stereocenters. The standard InChI is InChI=1S/C17H21N5O2/c1-20(2)13-6-4-12(5-7-13)10-18-16(23)14-11-22-9-8-21(3)17(24)15(22)19-14/h4-7,11H,8-10H2,1-3H3,(H,18,23). The van der Waals surface area contributed by atoms with E-state index in [1.165, 1.54) is 0 Å². The van der Waals surface area contributed by atoms with Gasteiger partial charge in [-0.05, 0) is 17.7 Å². The summed E-state index contributed by atoms with van der Waals surface area (Å²) in [6.07, 6.45) is 1.64. The molecule has 2 heterocycles. The molecular weight excluding hydrogens is 306 g/mol. The Balaban J connectivity index is 1.65. The normalized spacial score (nSPS) is 13.6. The Morgan fingerprint density at radius 3 is 2.62 bits per heavy atom. The Hall–Kier alpha value is -2.83. The number of amides is 2. The summed E-state index contributed by atoms with van der Waals surface area (Å²) < 4.78 is 1.74. The minimum Gasteiger partial charge on any atom is -0.378 e. The Bertz CT molecular complexity index is 764. The Labute approximate surface area is 140 Å². The molecule has 0 spiro atoms. The van der Waals surface area contributed by atoms with Gasteiger partial charge in [0.15, 0.2) is 5.82 Å². The van der Waals surface area contributed by atoms with E-state index in [1.807, 2.05) is 43.3 Å². The Kier molecular flexibility index (Phi) is 4.24. The van der Waals surface area contributed by atoms with E-state index in [2.05, 4.69) is 10.3 Å². The second-order valence-corrected chi connectivity index (χ2v) is 6.11. The average Bonchev–Trinajstić information content (AvgIpc) is 3.01. The lowest BCUT2D eigenvalue weighted by molar-refractivity contribution is 0.0741. The number of carbonyl (C=O) groups is 2. The molecule has 126 valence electrons. The van der Waals surface area contributed by atoms with Crippen molar-refractivity contribution in [3.63, 3.8) is 0 Å². The first-order chi connectivity index (χ1) is 11.5. The predicted octanol–water partition coefficient (Wildman–Crippen LogP) is 0.965. The molecule has 0 bridgehead atoms. The third kappa shape index (κ3) is 3.10. The molecule has 1 aromatic heterocycles. The maximum absolute atomic E-state index is 12.3. The highest BCUT2D eigenvalue weighted by Gasteiger charge is 2.25. The summed E-state index contributed by atoms with van der Waals surface area (Å²) in [7, 11) is 5.70. The number of hydrogen-bond acceptors (Lipinski definition) is 4. The van der Waals surface area contributed by atoms with Gasteiger partial charge in [-0.25, -0.2) is 4.98 Å². The number of aromatic nitrogens is 2. The number of hydrogen-bond donors (Lipinski definition) is 1. The molecule has 2 amide bonds. The van der Waals surface area contributed by atoms with Crippen molar-refractivity contribution in [1.29, 1.82) is 0 Å². The highest BCUT2D eigenvalue weighted by atomic mass is 16.2. The van der Waals surface area contributed by atoms with Crippen molar-refractivity contribution in [3.05, 3.63) is 47.5 Å². The fourth-order valence-electron chi connectivity index (χ4n) is 2.58. The molecule has 3 rings (SSSR count). The first-order valence-electron chi connectivity index (χ1n) is 7.83. The maximum atomic E-state index is 12.3. The van der Waals surface area contributed by atoms with E-state index in [-0.39, 0.29) is 17.5 Å². The van der Waals surface area contributed by atoms with Gasteiger partial charge in [-0.15, -0.1) is 0 Å². The van der Waals surface area contributed by atoms with Crippen LogP contribution in [-0.2, 0) is 13.1 Å². The first kappa shape index (κ1) is 16.0. The zero-order valence-electron chi connectivity index (χ0n) is 14.1. The van der Waals surface area contributed by atoms with Crippen LogP contribution in [0.2, 0.25) is 0 Å². The number of likely N-dealkylation sites (N-methyl/N-ethyl adjacent to an activating group) is 1. The molecule has 0 saturated heterocycles. The molecule has 1 aliphatic rings. The van der Waals surface area contributed by atoms with Crippen molar-refractivity contribution < 1.29 is 9.59 Å². The summed E-state index contributed by atoms with van der Waals surface area (Å²) >= 11 is 0. The lowest BCUT2D eigenvalue weighted by Gasteiger charge is -2.22. The molecule has 0 fully saturated rings. The van der Waals surface area contributed by atoms with Crippen LogP contribution in [0.3, 0.4) is 0 Å². The summed E-state index contributed by atoms with van der Waals surface area (Å²) in [5.41, 5.74) is 2.39. The molecule has 1 aliphatic heterocycles. The second kappa shape index (κ2) is 6.35. The number of nitrogens with zero attached hydrogens (tertiary/aromatic N) is 4. The number of benzene rings is 1. The molecule has 0 saturated carbocycles. The van der Waals surface area contributed by atoms with Crippen molar-refractivity contribution in [1.82, 2.24) is 19.8 Å². The number of fused-ring (bicyclic) bond motifs is 1. The molecule has 1 aromatic carbocycles. The van der Waals surface area contributed by atoms with Gasteiger partial charge in [0.25, 0.3) is 11.8 Å². The van der Waals surface area contributed by atoms with Gasteiger partial charge in [0.05, 0.1) is 0 Å². The molecule has 24 heavy (non-hydrogen) atoms. The minimum atomic E-state index is -0.274. The molecule has 0 atom stereocenters. The maximum Gasteiger partial charge on any atom is 0.289 e. The Morgan fingerprint density at radius 2 is 1.96 bits per heavy atom. The van der Waals surface area contributed by atoms with E-state index in [9.17, 15) is 9.59 Å². The monoisotopic (exact) mass is 327 g/mol. The smallest absolute Gasteiger partial charge is 0.289 e. The lowest BCUT2D eigenvalue weighted by Crippen LogP contribution is -2.37. The summed E-state index contributed by atoms with van der Waals surface area (Å²) in [6.45, 7) is 1.70. The largest absolute Gasteiger partial charge is 0.378 e. The average molecular weight is 327 g/mol. The number of anilines is 1. The van der Waals surface area contributed by atoms with Crippen molar-refractivity contribution in [2.75, 3.05) is 32.6 Å². The van der Waals surface area contributed by atoms with Crippen LogP contribution in [0.4, 0.5) is 5.69 Å². The Morgan fingerprint density at radius 1 is 1.25 bits per heavy atom. The fourth-order valence-corrected chi connectivity index (χ4v) is 2.58. The summed E-state index contributed by atoms with van der Waals surface area (Å²) in [6, 6.07) is 7.97. The topological polar surface area (TPSA) is 70.5 Å². The molecule has 1 N–H and O–H groups in total. The van der Waals surface area contributed by atoms with E-state index < -0.39 is 0 Å². The minimum absolute atomic E-state index is 0.153. The van der Waals surface area contributed by atoms with Crippen LogP contribution in [0.1, 0.15) is 26.7 Å². The van der Waals surface area contributed by atoms with Gasteiger partial charge in [-0.1, -0.05) is 12.1 Å². The molecular formula is C17H21N5O2.